The molecule has 3 aliphatic heterocycles. The van der Waals surface area contributed by atoms with Gasteiger partial charge in [0.2, 0.25) is 0 Å². The Labute approximate surface area is 173 Å². The summed E-state index contributed by atoms with van der Waals surface area (Å²) in [4.78, 5) is 9.55. The van der Waals surface area contributed by atoms with E-state index in [-0.39, 0.29) is 5.41 Å². The van der Waals surface area contributed by atoms with Crippen LogP contribution in [0.1, 0.15) is 24.8 Å². The van der Waals surface area contributed by atoms with Gasteiger partial charge in [0.1, 0.15) is 0 Å². The van der Waals surface area contributed by atoms with Crippen molar-refractivity contribution in [2.75, 3.05) is 53.0 Å². The van der Waals surface area contributed by atoms with E-state index in [1.165, 1.54) is 12.0 Å². The van der Waals surface area contributed by atoms with E-state index >= 15 is 0 Å². The maximum atomic E-state index is 6.59. The van der Waals surface area contributed by atoms with E-state index in [0.717, 1.165) is 69.8 Å². The number of likely N-dealkylation sites (tertiary alicyclic amines) is 1. The Hall–Kier alpha value is -1.56. The van der Waals surface area contributed by atoms with Crippen molar-refractivity contribution in [2.45, 2.75) is 30.7 Å². The Balaban J connectivity index is 1.44. The maximum absolute atomic E-state index is 6.59. The Morgan fingerprint density at radius 3 is 2.71 bits per heavy atom. The van der Waals surface area contributed by atoms with Gasteiger partial charge in [0.05, 0.1) is 0 Å². The van der Waals surface area contributed by atoms with Crippen LogP contribution in [0.3, 0.4) is 0 Å². The number of nitrogens with one attached hydrogen (secondary N) is 1. The zero-order chi connectivity index (χ0) is 19.4. The molecule has 0 saturated carbocycles. The number of hydrogen-bond acceptors (Lipinski definition) is 3. The Kier molecular flexibility index (Phi) is 6.24. The van der Waals surface area contributed by atoms with Crippen molar-refractivity contribution in [1.29, 1.82) is 0 Å². The first-order chi connectivity index (χ1) is 13.7. The van der Waals surface area contributed by atoms with E-state index < -0.39 is 0 Å². The molecule has 2 saturated heterocycles. The zero-order valence-electron chi connectivity index (χ0n) is 16.7. The highest BCUT2D eigenvalue weighted by Gasteiger charge is 2.37. The molecule has 0 amide bonds. The Morgan fingerprint density at radius 1 is 1.25 bits per heavy atom. The van der Waals surface area contributed by atoms with E-state index in [1.807, 2.05) is 19.2 Å². The summed E-state index contributed by atoms with van der Waals surface area (Å²) < 4.78 is 5.67. The number of benzene rings is 1. The molecule has 1 aromatic rings. The quantitative estimate of drug-likeness (QED) is 0.477. The van der Waals surface area contributed by atoms with Crippen molar-refractivity contribution < 1.29 is 4.74 Å². The van der Waals surface area contributed by atoms with E-state index in [9.17, 15) is 0 Å². The topological polar surface area (TPSA) is 40.1 Å². The van der Waals surface area contributed by atoms with Gasteiger partial charge >= 0.3 is 0 Å². The van der Waals surface area contributed by atoms with Crippen LogP contribution in [-0.2, 0) is 10.2 Å². The molecular formula is C22H31ClN4O. The van der Waals surface area contributed by atoms with Gasteiger partial charge < -0.3 is 15.0 Å². The average Bonchev–Trinajstić information content (AvgIpc) is 3.42. The fraction of sp³-hybridized carbons (Fsp3) is 0.591. The summed E-state index contributed by atoms with van der Waals surface area (Å²) in [5.41, 5.74) is 1.22. The second-order valence-electron chi connectivity index (χ2n) is 8.09. The van der Waals surface area contributed by atoms with Crippen molar-refractivity contribution in [3.8, 4) is 0 Å². The molecule has 1 atom stereocenters. The second kappa shape index (κ2) is 8.85. The molecule has 1 unspecified atom stereocenters. The Morgan fingerprint density at radius 2 is 2.00 bits per heavy atom. The monoisotopic (exact) mass is 402 g/mol. The highest BCUT2D eigenvalue weighted by atomic mass is 35.5. The van der Waals surface area contributed by atoms with Crippen molar-refractivity contribution in [2.24, 2.45) is 4.99 Å². The van der Waals surface area contributed by atoms with E-state index in [0.29, 0.717) is 6.04 Å². The molecule has 1 aromatic carbocycles. The third-order valence-corrected chi connectivity index (χ3v) is 6.85. The number of guanidine groups is 1. The first-order valence-corrected chi connectivity index (χ1v) is 10.8. The number of aliphatic imine (C=N–C) groups is 1. The number of ether oxygens (including phenoxy) is 1. The predicted octanol–water partition coefficient (Wildman–Crippen LogP) is 2.91. The van der Waals surface area contributed by atoms with E-state index in [2.05, 4.69) is 44.4 Å². The second-order valence-corrected chi connectivity index (χ2v) is 8.49. The lowest BCUT2D eigenvalue weighted by Gasteiger charge is -2.39. The lowest BCUT2D eigenvalue weighted by Crippen LogP contribution is -2.49. The molecule has 3 aliphatic rings. The SMILES string of the molecule is CN=C(NCC1(c2ccccc2Cl)CCOCC1)N1CCC(N2CC=CC2)C1. The number of rotatable bonds is 4. The van der Waals surface area contributed by atoms with Gasteiger partial charge in [-0.2, -0.15) is 0 Å². The summed E-state index contributed by atoms with van der Waals surface area (Å²) in [7, 11) is 1.89. The third kappa shape index (κ3) is 4.07. The predicted molar refractivity (Wildman–Crippen MR) is 115 cm³/mol. The first-order valence-electron chi connectivity index (χ1n) is 10.4. The summed E-state index contributed by atoms with van der Waals surface area (Å²) in [6, 6.07) is 8.88. The molecule has 28 heavy (non-hydrogen) atoms. The number of nitrogens with zero attached hydrogens (tertiary/aromatic N) is 3. The van der Waals surface area contributed by atoms with Crippen LogP contribution >= 0.6 is 11.6 Å². The molecule has 152 valence electrons. The van der Waals surface area contributed by atoms with Crippen molar-refractivity contribution in [3.63, 3.8) is 0 Å². The summed E-state index contributed by atoms with van der Waals surface area (Å²) in [5, 5.41) is 4.54. The minimum absolute atomic E-state index is 0.00939. The third-order valence-electron chi connectivity index (χ3n) is 6.52. The molecule has 0 radical (unpaired) electrons. The largest absolute Gasteiger partial charge is 0.381 e. The highest BCUT2D eigenvalue weighted by Crippen LogP contribution is 2.38. The molecular weight excluding hydrogens is 372 g/mol. The fourth-order valence-electron chi connectivity index (χ4n) is 4.80. The zero-order valence-corrected chi connectivity index (χ0v) is 17.5. The van der Waals surface area contributed by atoms with Gasteiger partial charge in [-0.25, -0.2) is 0 Å². The van der Waals surface area contributed by atoms with Crippen molar-refractivity contribution >= 4 is 17.6 Å². The minimum atomic E-state index is -0.00939. The van der Waals surface area contributed by atoms with Gasteiger partial charge in [-0.05, 0) is 30.9 Å². The molecule has 0 aromatic heterocycles. The molecule has 1 N–H and O–H groups in total. The van der Waals surface area contributed by atoms with Gasteiger partial charge in [0, 0.05) is 69.5 Å². The van der Waals surface area contributed by atoms with Gasteiger partial charge in [-0.15, -0.1) is 0 Å². The number of halogens is 1. The van der Waals surface area contributed by atoms with E-state index in [1.54, 1.807) is 0 Å². The number of hydrogen-bond donors (Lipinski definition) is 1. The van der Waals surface area contributed by atoms with Crippen LogP contribution in [0.5, 0.6) is 0 Å². The van der Waals surface area contributed by atoms with Crippen LogP contribution in [0.4, 0.5) is 0 Å². The molecule has 5 nitrogen and oxygen atoms in total. The van der Waals surface area contributed by atoms with Crippen LogP contribution in [0.15, 0.2) is 41.4 Å². The van der Waals surface area contributed by atoms with Crippen LogP contribution in [0, 0.1) is 0 Å². The normalized spacial score (nSPS) is 25.4. The fourth-order valence-corrected chi connectivity index (χ4v) is 5.14. The van der Waals surface area contributed by atoms with Gasteiger partial charge in [0.25, 0.3) is 0 Å². The molecule has 0 spiro atoms. The molecule has 3 heterocycles. The maximum Gasteiger partial charge on any atom is 0.193 e. The molecule has 0 aliphatic carbocycles. The summed E-state index contributed by atoms with van der Waals surface area (Å²) in [5.74, 6) is 1.01. The molecule has 0 bridgehead atoms. The molecule has 2 fully saturated rings. The first kappa shape index (κ1) is 19.7. The summed E-state index contributed by atoms with van der Waals surface area (Å²) in [6.07, 6.45) is 7.69. The van der Waals surface area contributed by atoms with Gasteiger partial charge in [0.15, 0.2) is 5.96 Å². The minimum Gasteiger partial charge on any atom is -0.381 e. The standard InChI is InChI=1S/C22H31ClN4O/c1-24-21(27-13-8-18(16-27)26-11-4-5-12-26)25-17-22(9-14-28-15-10-22)19-6-2-3-7-20(19)23/h2-7,18H,8-17H2,1H3,(H,24,25). The van der Waals surface area contributed by atoms with Crippen molar-refractivity contribution in [3.05, 3.63) is 47.0 Å². The van der Waals surface area contributed by atoms with Crippen LogP contribution < -0.4 is 5.32 Å². The average molecular weight is 403 g/mol. The van der Waals surface area contributed by atoms with Crippen LogP contribution in [0.25, 0.3) is 0 Å². The lowest BCUT2D eigenvalue weighted by atomic mass is 9.74. The lowest BCUT2D eigenvalue weighted by molar-refractivity contribution is 0.0512. The molecule has 6 heteroatoms. The summed E-state index contributed by atoms with van der Waals surface area (Å²) >= 11 is 6.59. The van der Waals surface area contributed by atoms with E-state index in [4.69, 9.17) is 16.3 Å². The molecule has 4 rings (SSSR count). The summed E-state index contributed by atoms with van der Waals surface area (Å²) in [6.45, 7) is 6.66. The van der Waals surface area contributed by atoms with Gasteiger partial charge in [-0.1, -0.05) is 42.0 Å². The smallest absolute Gasteiger partial charge is 0.193 e. The Bertz CT molecular complexity index is 721. The highest BCUT2D eigenvalue weighted by molar-refractivity contribution is 6.31. The van der Waals surface area contributed by atoms with Crippen molar-refractivity contribution in [1.82, 2.24) is 15.1 Å². The van der Waals surface area contributed by atoms with Crippen LogP contribution in [-0.4, -0.2) is 74.8 Å². The van der Waals surface area contributed by atoms with Gasteiger partial charge in [-0.3, -0.25) is 9.89 Å². The van der Waals surface area contributed by atoms with Crippen LogP contribution in [0.2, 0.25) is 5.02 Å².